The molecule has 3 atom stereocenters. The first-order valence-electron chi connectivity index (χ1n) is 9.67. The monoisotopic (exact) mass is 354 g/mol. The van der Waals surface area contributed by atoms with Gasteiger partial charge in [0, 0.05) is 25.5 Å². The van der Waals surface area contributed by atoms with Gasteiger partial charge in [-0.25, -0.2) is 0 Å². The Hall–Kier alpha value is -0.163. The van der Waals surface area contributed by atoms with E-state index in [9.17, 15) is 5.11 Å². The maximum absolute atomic E-state index is 10.3. The van der Waals surface area contributed by atoms with Crippen molar-refractivity contribution >= 4 is 8.07 Å². The largest absolute Gasteiger partial charge is 0.395 e. The lowest BCUT2D eigenvalue weighted by Gasteiger charge is -2.50. The number of rotatable bonds is 8. The number of hydrogen-bond donors (Lipinski definition) is 1. The third-order valence-electron chi connectivity index (χ3n) is 6.46. The van der Waals surface area contributed by atoms with Gasteiger partial charge in [0.25, 0.3) is 0 Å². The van der Waals surface area contributed by atoms with Gasteiger partial charge in [-0.05, 0) is 37.6 Å². The summed E-state index contributed by atoms with van der Waals surface area (Å²) in [5.41, 5.74) is 1.38. The quantitative estimate of drug-likeness (QED) is 0.293. The van der Waals surface area contributed by atoms with Crippen LogP contribution in [-0.2, 0) is 9.47 Å². The van der Waals surface area contributed by atoms with E-state index in [-0.39, 0.29) is 23.5 Å². The number of fused-ring (bicyclic) bond motifs is 1. The van der Waals surface area contributed by atoms with Crippen molar-refractivity contribution < 1.29 is 14.6 Å². The molecule has 2 aliphatic rings. The average molecular weight is 355 g/mol. The zero-order chi connectivity index (χ0) is 18.0. The van der Waals surface area contributed by atoms with Crippen LogP contribution in [0.1, 0.15) is 46.5 Å². The molecule has 1 saturated carbocycles. The van der Waals surface area contributed by atoms with Crippen LogP contribution in [0.4, 0.5) is 0 Å². The molecule has 2 aliphatic carbocycles. The van der Waals surface area contributed by atoms with E-state index in [4.69, 9.17) is 9.47 Å². The Labute approximate surface area is 149 Å². The summed E-state index contributed by atoms with van der Waals surface area (Å²) in [5, 5.41) is 10.3. The highest BCUT2D eigenvalue weighted by molar-refractivity contribution is 6.76. The van der Waals surface area contributed by atoms with Gasteiger partial charge in [-0.3, -0.25) is 0 Å². The summed E-state index contributed by atoms with van der Waals surface area (Å²) in [7, 11) is -1.04. The second kappa shape index (κ2) is 7.61. The highest BCUT2D eigenvalue weighted by Crippen LogP contribution is 2.63. The minimum atomic E-state index is -1.04. The van der Waals surface area contributed by atoms with Crippen molar-refractivity contribution in [3.8, 4) is 0 Å². The summed E-state index contributed by atoms with van der Waals surface area (Å²) in [6, 6.07) is 1.18. The highest BCUT2D eigenvalue weighted by Gasteiger charge is 2.60. The second-order valence-corrected chi connectivity index (χ2v) is 15.2. The first-order valence-corrected chi connectivity index (χ1v) is 13.4. The van der Waals surface area contributed by atoms with E-state index in [1.807, 2.05) is 0 Å². The Morgan fingerprint density at radius 1 is 1.29 bits per heavy atom. The van der Waals surface area contributed by atoms with E-state index >= 15 is 0 Å². The lowest BCUT2D eigenvalue weighted by Crippen LogP contribution is -2.48. The zero-order valence-corrected chi connectivity index (χ0v) is 17.7. The average Bonchev–Trinajstić information content (AvgIpc) is 2.78. The second-order valence-electron chi connectivity index (χ2n) is 9.54. The van der Waals surface area contributed by atoms with Gasteiger partial charge in [0.1, 0.15) is 6.79 Å². The number of aliphatic hydroxyl groups is 1. The fourth-order valence-corrected chi connectivity index (χ4v) is 5.62. The molecule has 0 saturated heterocycles. The van der Waals surface area contributed by atoms with Crippen molar-refractivity contribution in [3.05, 3.63) is 11.6 Å². The van der Waals surface area contributed by atoms with Crippen LogP contribution in [0, 0.1) is 16.7 Å². The van der Waals surface area contributed by atoms with Crippen LogP contribution in [0.2, 0.25) is 25.7 Å². The lowest BCUT2D eigenvalue weighted by molar-refractivity contribution is -0.137. The molecular weight excluding hydrogens is 316 g/mol. The molecule has 140 valence electrons. The predicted octanol–water partition coefficient (Wildman–Crippen LogP) is 4.84. The molecule has 3 nitrogen and oxygen atoms in total. The summed E-state index contributed by atoms with van der Waals surface area (Å²) < 4.78 is 12.0. The van der Waals surface area contributed by atoms with Gasteiger partial charge in [0.15, 0.2) is 0 Å². The fraction of sp³-hybridized carbons (Fsp3) is 0.900. The van der Waals surface area contributed by atoms with E-state index < -0.39 is 8.07 Å². The molecule has 0 aromatic rings. The number of allylic oxidation sites excluding steroid dienone is 1. The summed E-state index contributed by atoms with van der Waals surface area (Å²) in [6.45, 7) is 15.4. The number of aliphatic hydroxyl groups excluding tert-OH is 1. The van der Waals surface area contributed by atoms with Crippen LogP contribution < -0.4 is 0 Å². The first kappa shape index (κ1) is 20.2. The maximum Gasteiger partial charge on any atom is 0.147 e. The minimum Gasteiger partial charge on any atom is -0.395 e. The van der Waals surface area contributed by atoms with E-state index in [0.717, 1.165) is 32.3 Å². The van der Waals surface area contributed by atoms with Crippen LogP contribution in [-0.4, -0.2) is 39.3 Å². The first-order chi connectivity index (χ1) is 11.2. The fourth-order valence-electron chi connectivity index (χ4n) is 4.86. The summed E-state index contributed by atoms with van der Waals surface area (Å²) in [5.74, 6) is 0.489. The molecular formula is C20H38O3Si. The number of ether oxygens (including phenoxy) is 2. The molecule has 0 unspecified atom stereocenters. The Morgan fingerprint density at radius 2 is 2.00 bits per heavy atom. The van der Waals surface area contributed by atoms with Gasteiger partial charge < -0.3 is 14.6 Å². The lowest BCUT2D eigenvalue weighted by atomic mass is 9.56. The maximum atomic E-state index is 10.3. The molecule has 0 radical (unpaired) electrons. The SMILES string of the molecule is CC(C)C1=CCC[C@]2(C)[C@@H](OCOCC[Si](C)(C)C)CC[C@]12CO. The van der Waals surface area contributed by atoms with Crippen molar-refractivity contribution in [2.24, 2.45) is 16.7 Å². The molecule has 0 bridgehead atoms. The molecule has 24 heavy (non-hydrogen) atoms. The van der Waals surface area contributed by atoms with Crippen molar-refractivity contribution in [1.82, 2.24) is 0 Å². The van der Waals surface area contributed by atoms with E-state index in [0.29, 0.717) is 12.7 Å². The van der Waals surface area contributed by atoms with E-state index in [2.05, 4.69) is 46.5 Å². The minimum absolute atomic E-state index is 0.0260. The Balaban J connectivity index is 1.99. The summed E-state index contributed by atoms with van der Waals surface area (Å²) >= 11 is 0. The predicted molar refractivity (Wildman–Crippen MR) is 103 cm³/mol. The molecule has 1 N–H and O–H groups in total. The molecule has 0 aliphatic heterocycles. The molecule has 0 aromatic heterocycles. The van der Waals surface area contributed by atoms with E-state index in [1.54, 1.807) is 0 Å². The van der Waals surface area contributed by atoms with Crippen LogP contribution in [0.3, 0.4) is 0 Å². The third-order valence-corrected chi connectivity index (χ3v) is 8.16. The molecule has 2 rings (SSSR count). The summed E-state index contributed by atoms with van der Waals surface area (Å²) in [4.78, 5) is 0. The molecule has 0 heterocycles. The van der Waals surface area contributed by atoms with Crippen LogP contribution >= 0.6 is 0 Å². The van der Waals surface area contributed by atoms with E-state index in [1.165, 1.54) is 11.6 Å². The summed E-state index contributed by atoms with van der Waals surface area (Å²) in [6.07, 6.45) is 6.84. The molecule has 0 aromatic carbocycles. The van der Waals surface area contributed by atoms with Crippen molar-refractivity contribution in [3.63, 3.8) is 0 Å². The number of hydrogen-bond acceptors (Lipinski definition) is 3. The Morgan fingerprint density at radius 3 is 2.58 bits per heavy atom. The third kappa shape index (κ3) is 3.82. The van der Waals surface area contributed by atoms with Crippen LogP contribution in [0.15, 0.2) is 11.6 Å². The Bertz CT molecular complexity index is 454. The zero-order valence-electron chi connectivity index (χ0n) is 16.7. The van der Waals surface area contributed by atoms with Crippen molar-refractivity contribution in [1.29, 1.82) is 0 Å². The smallest absolute Gasteiger partial charge is 0.147 e. The van der Waals surface area contributed by atoms with Gasteiger partial charge in [-0.1, -0.05) is 52.1 Å². The molecule has 1 fully saturated rings. The normalized spacial score (nSPS) is 33.7. The van der Waals surface area contributed by atoms with Gasteiger partial charge in [0.05, 0.1) is 12.7 Å². The van der Waals surface area contributed by atoms with Gasteiger partial charge >= 0.3 is 0 Å². The van der Waals surface area contributed by atoms with Crippen LogP contribution in [0.25, 0.3) is 0 Å². The van der Waals surface area contributed by atoms with Gasteiger partial charge in [0.2, 0.25) is 0 Å². The Kier molecular flexibility index (Phi) is 6.39. The standard InChI is InChI=1S/C20H38O3Si/c1-16(2)17-8-7-10-19(3)18(9-11-20(17,19)14-21)23-15-22-12-13-24(4,5)6/h8,16,18,21H,7,9-15H2,1-6H3/t18-,19+,20-/m0/s1. The van der Waals surface area contributed by atoms with Crippen molar-refractivity contribution in [2.75, 3.05) is 20.0 Å². The topological polar surface area (TPSA) is 38.7 Å². The molecule has 4 heteroatoms. The van der Waals surface area contributed by atoms with Gasteiger partial charge in [-0.15, -0.1) is 0 Å². The van der Waals surface area contributed by atoms with Gasteiger partial charge in [-0.2, -0.15) is 0 Å². The van der Waals surface area contributed by atoms with Crippen LogP contribution in [0.5, 0.6) is 0 Å². The van der Waals surface area contributed by atoms with Crippen molar-refractivity contribution in [2.45, 2.75) is 78.2 Å². The molecule has 0 amide bonds. The highest BCUT2D eigenvalue weighted by atomic mass is 28.3. The molecule has 0 spiro atoms.